The van der Waals surface area contributed by atoms with Gasteiger partial charge < -0.3 is 15.0 Å². The fourth-order valence-corrected chi connectivity index (χ4v) is 3.26. The van der Waals surface area contributed by atoms with Gasteiger partial charge in [-0.1, -0.05) is 12.1 Å². The van der Waals surface area contributed by atoms with Crippen molar-refractivity contribution in [3.63, 3.8) is 0 Å². The van der Waals surface area contributed by atoms with Crippen molar-refractivity contribution >= 4 is 11.2 Å². The van der Waals surface area contributed by atoms with Crippen molar-refractivity contribution in [2.75, 3.05) is 13.1 Å². The Kier molecular flexibility index (Phi) is 3.71. The molecule has 1 aromatic carbocycles. The van der Waals surface area contributed by atoms with Crippen LogP contribution in [0.1, 0.15) is 17.8 Å². The summed E-state index contributed by atoms with van der Waals surface area (Å²) in [6, 6.07) is 11.3. The number of fused-ring (bicyclic) bond motifs is 1. The van der Waals surface area contributed by atoms with E-state index in [0.717, 1.165) is 48.6 Å². The molecule has 5 heteroatoms. The highest BCUT2D eigenvalue weighted by Gasteiger charge is 2.20. The van der Waals surface area contributed by atoms with Crippen LogP contribution in [0.2, 0.25) is 0 Å². The van der Waals surface area contributed by atoms with Gasteiger partial charge in [-0.2, -0.15) is 0 Å². The highest BCUT2D eigenvalue weighted by atomic mass is 16.3. The summed E-state index contributed by atoms with van der Waals surface area (Å²) in [4.78, 5) is 9.34. The average molecular weight is 308 g/mol. The molecule has 1 unspecified atom stereocenters. The standard InChI is InChI=1S/C18H20N4O/c23-15-5-3-13(4-6-15)12-22-17(10-14-7-9-19-11-14)21-16-2-1-8-20-18(16)22/h1-6,8,14,19,23H,7,9-12H2. The van der Waals surface area contributed by atoms with Crippen molar-refractivity contribution in [2.24, 2.45) is 5.92 Å². The number of aromatic hydroxyl groups is 1. The number of pyridine rings is 1. The van der Waals surface area contributed by atoms with Crippen LogP contribution in [-0.2, 0) is 13.0 Å². The summed E-state index contributed by atoms with van der Waals surface area (Å²) < 4.78 is 2.21. The van der Waals surface area contributed by atoms with Crippen LogP contribution in [0.15, 0.2) is 42.6 Å². The SMILES string of the molecule is Oc1ccc(Cn2c(CC3CCNC3)nc3cccnc32)cc1. The molecule has 0 amide bonds. The summed E-state index contributed by atoms with van der Waals surface area (Å²) >= 11 is 0. The maximum atomic E-state index is 9.46. The van der Waals surface area contributed by atoms with Crippen LogP contribution in [-0.4, -0.2) is 32.7 Å². The molecule has 3 heterocycles. The van der Waals surface area contributed by atoms with Crippen LogP contribution in [0, 0.1) is 5.92 Å². The van der Waals surface area contributed by atoms with Crippen molar-refractivity contribution in [3.05, 3.63) is 54.0 Å². The van der Waals surface area contributed by atoms with E-state index in [1.54, 1.807) is 12.1 Å². The molecule has 1 aliphatic rings. The molecule has 0 radical (unpaired) electrons. The molecule has 1 atom stereocenters. The minimum atomic E-state index is 0.291. The predicted octanol–water partition coefficient (Wildman–Crippen LogP) is 2.34. The molecule has 118 valence electrons. The second-order valence-corrected chi connectivity index (χ2v) is 6.19. The lowest BCUT2D eigenvalue weighted by atomic mass is 10.0. The summed E-state index contributed by atoms with van der Waals surface area (Å²) in [6.45, 7) is 2.89. The van der Waals surface area contributed by atoms with Gasteiger partial charge in [0.15, 0.2) is 5.65 Å². The number of hydrogen-bond acceptors (Lipinski definition) is 4. The maximum absolute atomic E-state index is 9.46. The summed E-state index contributed by atoms with van der Waals surface area (Å²) in [5, 5.41) is 12.9. The fraction of sp³-hybridized carbons (Fsp3) is 0.333. The fourth-order valence-electron chi connectivity index (χ4n) is 3.26. The Labute approximate surface area is 135 Å². The molecule has 23 heavy (non-hydrogen) atoms. The Balaban J connectivity index is 1.71. The van der Waals surface area contributed by atoms with Gasteiger partial charge in [-0.3, -0.25) is 0 Å². The molecular formula is C18H20N4O. The molecule has 4 rings (SSSR count). The van der Waals surface area contributed by atoms with E-state index in [4.69, 9.17) is 4.98 Å². The topological polar surface area (TPSA) is 63.0 Å². The minimum absolute atomic E-state index is 0.291. The Hall–Kier alpha value is -2.40. The van der Waals surface area contributed by atoms with E-state index >= 15 is 0 Å². The van der Waals surface area contributed by atoms with Gasteiger partial charge >= 0.3 is 0 Å². The van der Waals surface area contributed by atoms with E-state index in [1.807, 2.05) is 30.5 Å². The quantitative estimate of drug-likeness (QED) is 0.776. The zero-order chi connectivity index (χ0) is 15.6. The van der Waals surface area contributed by atoms with Crippen LogP contribution >= 0.6 is 0 Å². The monoisotopic (exact) mass is 308 g/mol. The van der Waals surface area contributed by atoms with Crippen molar-refractivity contribution in [2.45, 2.75) is 19.4 Å². The van der Waals surface area contributed by atoms with E-state index in [2.05, 4.69) is 14.9 Å². The number of imidazole rings is 1. The third kappa shape index (κ3) is 2.92. The van der Waals surface area contributed by atoms with Gasteiger partial charge in [0, 0.05) is 12.6 Å². The highest BCUT2D eigenvalue weighted by Crippen LogP contribution is 2.21. The van der Waals surface area contributed by atoms with E-state index in [-0.39, 0.29) is 0 Å². The molecule has 0 bridgehead atoms. The normalized spacial score (nSPS) is 17.8. The molecule has 0 spiro atoms. The van der Waals surface area contributed by atoms with Crippen molar-refractivity contribution < 1.29 is 5.11 Å². The summed E-state index contributed by atoms with van der Waals surface area (Å²) in [6.07, 6.45) is 4.00. The van der Waals surface area contributed by atoms with Gasteiger partial charge in [0.25, 0.3) is 0 Å². The zero-order valence-corrected chi connectivity index (χ0v) is 12.9. The minimum Gasteiger partial charge on any atom is -0.508 e. The Morgan fingerprint density at radius 2 is 2.09 bits per heavy atom. The van der Waals surface area contributed by atoms with E-state index in [1.165, 1.54) is 6.42 Å². The highest BCUT2D eigenvalue weighted by molar-refractivity contribution is 5.71. The third-order valence-electron chi connectivity index (χ3n) is 4.49. The Bertz CT molecular complexity index is 804. The van der Waals surface area contributed by atoms with Crippen molar-refractivity contribution in [3.8, 4) is 5.75 Å². The van der Waals surface area contributed by atoms with Crippen molar-refractivity contribution in [1.29, 1.82) is 0 Å². The van der Waals surface area contributed by atoms with Crippen LogP contribution in [0.25, 0.3) is 11.2 Å². The number of nitrogens with zero attached hydrogens (tertiary/aromatic N) is 3. The first kappa shape index (κ1) is 14.2. The predicted molar refractivity (Wildman–Crippen MR) is 89.4 cm³/mol. The van der Waals surface area contributed by atoms with Crippen LogP contribution in [0.3, 0.4) is 0 Å². The van der Waals surface area contributed by atoms with Gasteiger partial charge in [0.1, 0.15) is 17.1 Å². The summed E-state index contributed by atoms with van der Waals surface area (Å²) in [7, 11) is 0. The molecule has 3 aromatic rings. The molecule has 0 aliphatic carbocycles. The van der Waals surface area contributed by atoms with Gasteiger partial charge in [-0.25, -0.2) is 9.97 Å². The second-order valence-electron chi connectivity index (χ2n) is 6.19. The van der Waals surface area contributed by atoms with Gasteiger partial charge in [-0.05, 0) is 55.3 Å². The molecule has 2 aromatic heterocycles. The summed E-state index contributed by atoms with van der Waals surface area (Å²) in [5.74, 6) is 2.03. The Morgan fingerprint density at radius 1 is 1.22 bits per heavy atom. The van der Waals surface area contributed by atoms with Gasteiger partial charge in [0.2, 0.25) is 0 Å². The number of nitrogens with one attached hydrogen (secondary N) is 1. The molecular weight excluding hydrogens is 288 g/mol. The van der Waals surface area contributed by atoms with E-state index in [0.29, 0.717) is 11.7 Å². The molecule has 5 nitrogen and oxygen atoms in total. The van der Waals surface area contributed by atoms with E-state index in [9.17, 15) is 5.11 Å². The molecule has 1 saturated heterocycles. The molecule has 1 fully saturated rings. The molecule has 2 N–H and O–H groups in total. The number of phenols is 1. The van der Waals surface area contributed by atoms with Crippen LogP contribution in [0.4, 0.5) is 0 Å². The van der Waals surface area contributed by atoms with Crippen LogP contribution < -0.4 is 5.32 Å². The maximum Gasteiger partial charge on any atom is 0.160 e. The number of benzene rings is 1. The number of phenolic OH excluding ortho intramolecular Hbond substituents is 1. The first-order valence-electron chi connectivity index (χ1n) is 8.08. The number of aromatic nitrogens is 3. The lowest BCUT2D eigenvalue weighted by Gasteiger charge is -2.12. The lowest BCUT2D eigenvalue weighted by Crippen LogP contribution is -2.14. The molecule has 0 saturated carbocycles. The summed E-state index contributed by atoms with van der Waals surface area (Å²) in [5.41, 5.74) is 3.02. The Morgan fingerprint density at radius 3 is 2.87 bits per heavy atom. The van der Waals surface area contributed by atoms with Crippen LogP contribution in [0.5, 0.6) is 5.75 Å². The third-order valence-corrected chi connectivity index (χ3v) is 4.49. The van der Waals surface area contributed by atoms with Gasteiger partial charge in [0.05, 0.1) is 6.54 Å². The smallest absolute Gasteiger partial charge is 0.160 e. The van der Waals surface area contributed by atoms with E-state index < -0.39 is 0 Å². The first-order valence-corrected chi connectivity index (χ1v) is 8.08. The second kappa shape index (κ2) is 6.01. The number of hydrogen-bond donors (Lipinski definition) is 2. The molecule has 1 aliphatic heterocycles. The average Bonchev–Trinajstić information content (AvgIpc) is 3.19. The van der Waals surface area contributed by atoms with Crippen molar-refractivity contribution in [1.82, 2.24) is 19.9 Å². The number of rotatable bonds is 4. The largest absolute Gasteiger partial charge is 0.508 e. The zero-order valence-electron chi connectivity index (χ0n) is 12.9. The lowest BCUT2D eigenvalue weighted by molar-refractivity contribution is 0.475. The van der Waals surface area contributed by atoms with Gasteiger partial charge in [-0.15, -0.1) is 0 Å². The first-order chi connectivity index (χ1) is 11.3.